The summed E-state index contributed by atoms with van der Waals surface area (Å²) in [5.74, 6) is -0.171. The normalized spacial score (nSPS) is 12.5. The number of amides is 1. The summed E-state index contributed by atoms with van der Waals surface area (Å²) in [4.78, 5) is 12.7. The molecule has 0 radical (unpaired) electrons. The molecular formula is C23H30Cl2N2O3S. The molecular weight excluding hydrogens is 455 g/mol. The Kier molecular flexibility index (Phi) is 7.72. The van der Waals surface area contributed by atoms with Gasteiger partial charge in [0.05, 0.1) is 28.5 Å². The SMILES string of the molecule is CC(C)(C)CC(C)(C)NC(=O)c1ccc(CN(c2c(Cl)cccc2Cl)S(C)(=O)=O)cc1. The molecule has 0 bridgehead atoms. The van der Waals surface area contributed by atoms with Crippen molar-refractivity contribution >= 4 is 44.8 Å². The van der Waals surface area contributed by atoms with Crippen LogP contribution < -0.4 is 9.62 Å². The minimum Gasteiger partial charge on any atom is -0.347 e. The Hall–Kier alpha value is -1.76. The maximum atomic E-state index is 12.7. The molecule has 0 saturated heterocycles. The van der Waals surface area contributed by atoms with Gasteiger partial charge in [0, 0.05) is 11.1 Å². The number of carbonyl (C=O) groups excluding carboxylic acids is 1. The number of hydrogen-bond acceptors (Lipinski definition) is 3. The summed E-state index contributed by atoms with van der Waals surface area (Å²) in [7, 11) is -3.64. The van der Waals surface area contributed by atoms with Crippen LogP contribution in [0.3, 0.4) is 0 Å². The third-order valence-corrected chi connectivity index (χ3v) is 6.28. The molecule has 0 aliphatic heterocycles. The Morgan fingerprint density at radius 3 is 1.94 bits per heavy atom. The molecule has 2 rings (SSSR count). The fraction of sp³-hybridized carbons (Fsp3) is 0.435. The van der Waals surface area contributed by atoms with Crippen LogP contribution in [0.25, 0.3) is 0 Å². The lowest BCUT2D eigenvalue weighted by molar-refractivity contribution is 0.0891. The van der Waals surface area contributed by atoms with Crippen molar-refractivity contribution in [2.75, 3.05) is 10.6 Å². The monoisotopic (exact) mass is 484 g/mol. The van der Waals surface area contributed by atoms with Crippen LogP contribution in [-0.2, 0) is 16.6 Å². The molecule has 31 heavy (non-hydrogen) atoms. The molecule has 0 heterocycles. The van der Waals surface area contributed by atoms with Crippen molar-refractivity contribution in [1.82, 2.24) is 5.32 Å². The second kappa shape index (κ2) is 9.39. The first-order valence-electron chi connectivity index (χ1n) is 9.92. The Bertz CT molecular complexity index is 1020. The van der Waals surface area contributed by atoms with E-state index in [1.54, 1.807) is 42.5 Å². The zero-order valence-electron chi connectivity index (χ0n) is 18.8. The van der Waals surface area contributed by atoms with Gasteiger partial charge in [-0.05, 0) is 55.5 Å². The van der Waals surface area contributed by atoms with Gasteiger partial charge in [0.1, 0.15) is 0 Å². The van der Waals surface area contributed by atoms with Gasteiger partial charge in [-0.2, -0.15) is 0 Å². The topological polar surface area (TPSA) is 66.5 Å². The van der Waals surface area contributed by atoms with Gasteiger partial charge >= 0.3 is 0 Å². The molecule has 1 N–H and O–H groups in total. The lowest BCUT2D eigenvalue weighted by Crippen LogP contribution is -2.45. The number of rotatable bonds is 7. The van der Waals surface area contributed by atoms with Crippen LogP contribution in [-0.4, -0.2) is 26.1 Å². The van der Waals surface area contributed by atoms with Crippen molar-refractivity contribution in [3.63, 3.8) is 0 Å². The second-order valence-corrected chi connectivity index (χ2v) is 12.3. The summed E-state index contributed by atoms with van der Waals surface area (Å²) < 4.78 is 26.0. The summed E-state index contributed by atoms with van der Waals surface area (Å²) in [5.41, 5.74) is 1.16. The van der Waals surface area contributed by atoms with Gasteiger partial charge in [-0.15, -0.1) is 0 Å². The van der Waals surface area contributed by atoms with Crippen LogP contribution >= 0.6 is 23.2 Å². The molecule has 8 heteroatoms. The highest BCUT2D eigenvalue weighted by Crippen LogP contribution is 2.36. The number of anilines is 1. The van der Waals surface area contributed by atoms with Crippen molar-refractivity contribution < 1.29 is 13.2 Å². The van der Waals surface area contributed by atoms with E-state index in [2.05, 4.69) is 26.1 Å². The Labute approximate surface area is 195 Å². The van der Waals surface area contributed by atoms with Crippen molar-refractivity contribution in [2.45, 2.75) is 53.1 Å². The summed E-state index contributed by atoms with van der Waals surface area (Å²) in [5, 5.41) is 3.56. The van der Waals surface area contributed by atoms with Crippen LogP contribution in [0.15, 0.2) is 42.5 Å². The average molecular weight is 485 g/mol. The van der Waals surface area contributed by atoms with E-state index in [0.29, 0.717) is 11.1 Å². The molecule has 2 aromatic rings. The molecule has 170 valence electrons. The van der Waals surface area contributed by atoms with Gasteiger partial charge in [-0.25, -0.2) is 8.42 Å². The number of sulfonamides is 1. The van der Waals surface area contributed by atoms with Crippen molar-refractivity contribution in [1.29, 1.82) is 0 Å². The third-order valence-electron chi connectivity index (χ3n) is 4.55. The molecule has 2 aromatic carbocycles. The molecule has 5 nitrogen and oxygen atoms in total. The van der Waals surface area contributed by atoms with E-state index in [-0.39, 0.29) is 39.1 Å². The van der Waals surface area contributed by atoms with Gasteiger partial charge in [0.15, 0.2) is 0 Å². The highest BCUT2D eigenvalue weighted by molar-refractivity contribution is 7.92. The van der Waals surface area contributed by atoms with Crippen LogP contribution in [0.4, 0.5) is 5.69 Å². The average Bonchev–Trinajstić information content (AvgIpc) is 2.57. The molecule has 0 fully saturated rings. The first-order chi connectivity index (χ1) is 14.1. The molecule has 0 unspecified atom stereocenters. The highest BCUT2D eigenvalue weighted by Gasteiger charge is 2.27. The van der Waals surface area contributed by atoms with Crippen molar-refractivity contribution in [2.24, 2.45) is 5.41 Å². The standard InChI is InChI=1S/C23H30Cl2N2O3S/c1-22(2,3)15-23(4,5)26-21(28)17-12-10-16(11-13-17)14-27(31(6,29)30)20-18(24)8-7-9-19(20)25/h7-13H,14-15H2,1-6H3,(H,26,28). The fourth-order valence-electron chi connectivity index (χ4n) is 3.77. The summed E-state index contributed by atoms with van der Waals surface area (Å²) >= 11 is 12.5. The lowest BCUT2D eigenvalue weighted by Gasteiger charge is -2.33. The van der Waals surface area contributed by atoms with E-state index in [4.69, 9.17) is 23.2 Å². The smallest absolute Gasteiger partial charge is 0.251 e. The second-order valence-electron chi connectivity index (χ2n) is 9.61. The van der Waals surface area contributed by atoms with Gasteiger partial charge in [-0.1, -0.05) is 62.2 Å². The van der Waals surface area contributed by atoms with Crippen LogP contribution in [0, 0.1) is 5.41 Å². The maximum absolute atomic E-state index is 12.7. The molecule has 0 aromatic heterocycles. The van der Waals surface area contributed by atoms with Crippen molar-refractivity contribution in [3.05, 3.63) is 63.6 Å². The molecule has 0 spiro atoms. The Balaban J connectivity index is 2.23. The molecule has 0 aliphatic carbocycles. The van der Waals surface area contributed by atoms with Crippen molar-refractivity contribution in [3.8, 4) is 0 Å². The summed E-state index contributed by atoms with van der Waals surface area (Å²) in [6, 6.07) is 11.7. The van der Waals surface area contributed by atoms with E-state index in [1.807, 2.05) is 13.8 Å². The lowest BCUT2D eigenvalue weighted by atomic mass is 9.81. The van der Waals surface area contributed by atoms with E-state index >= 15 is 0 Å². The van der Waals surface area contributed by atoms with E-state index in [1.165, 1.54) is 4.31 Å². The summed E-state index contributed by atoms with van der Waals surface area (Å²) in [6.45, 7) is 10.4. The Morgan fingerprint density at radius 1 is 0.968 bits per heavy atom. The molecule has 1 amide bonds. The van der Waals surface area contributed by atoms with Crippen LogP contribution in [0.5, 0.6) is 0 Å². The van der Waals surface area contributed by atoms with Gasteiger partial charge in [0.25, 0.3) is 5.91 Å². The predicted molar refractivity (Wildman–Crippen MR) is 130 cm³/mol. The quantitative estimate of drug-likeness (QED) is 0.531. The number of hydrogen-bond donors (Lipinski definition) is 1. The summed E-state index contributed by atoms with van der Waals surface area (Å²) in [6.07, 6.45) is 1.93. The van der Waals surface area contributed by atoms with E-state index in [9.17, 15) is 13.2 Å². The predicted octanol–water partition coefficient (Wildman–Crippen LogP) is 5.90. The third kappa shape index (κ3) is 7.41. The number of carbonyl (C=O) groups is 1. The number of benzene rings is 2. The minimum atomic E-state index is -3.64. The molecule has 0 aliphatic rings. The number of nitrogens with zero attached hydrogens (tertiary/aromatic N) is 1. The van der Waals surface area contributed by atoms with Gasteiger partial charge < -0.3 is 5.32 Å². The first-order valence-corrected chi connectivity index (χ1v) is 12.5. The van der Waals surface area contributed by atoms with Crippen LogP contribution in [0.1, 0.15) is 57.0 Å². The number of para-hydroxylation sites is 1. The first kappa shape index (κ1) is 25.5. The molecule has 0 atom stereocenters. The zero-order valence-corrected chi connectivity index (χ0v) is 21.1. The fourth-order valence-corrected chi connectivity index (χ4v) is 5.38. The Morgan fingerprint density at radius 2 is 1.48 bits per heavy atom. The molecule has 0 saturated carbocycles. The minimum absolute atomic E-state index is 0.0414. The zero-order chi connectivity index (χ0) is 23.6. The maximum Gasteiger partial charge on any atom is 0.251 e. The van der Waals surface area contributed by atoms with Gasteiger partial charge in [0.2, 0.25) is 10.0 Å². The van der Waals surface area contributed by atoms with Crippen LogP contribution in [0.2, 0.25) is 10.0 Å². The van der Waals surface area contributed by atoms with E-state index < -0.39 is 10.0 Å². The van der Waals surface area contributed by atoms with Gasteiger partial charge in [-0.3, -0.25) is 9.10 Å². The number of nitrogens with one attached hydrogen (secondary N) is 1. The largest absolute Gasteiger partial charge is 0.347 e. The number of halogens is 2. The van der Waals surface area contributed by atoms with E-state index in [0.717, 1.165) is 12.7 Å². The highest BCUT2D eigenvalue weighted by atomic mass is 35.5.